The number of fused-ring (bicyclic) bond motifs is 1. The first-order valence-electron chi connectivity index (χ1n) is 8.94. The summed E-state index contributed by atoms with van der Waals surface area (Å²) in [6.07, 6.45) is 2.65. The molecule has 2 aromatic carbocycles. The highest BCUT2D eigenvalue weighted by atomic mass is 19.1. The zero-order valence-corrected chi connectivity index (χ0v) is 15.5. The number of para-hydroxylation sites is 1. The maximum absolute atomic E-state index is 13.8. The van der Waals surface area contributed by atoms with Crippen LogP contribution in [-0.2, 0) is 17.6 Å². The molecule has 0 radical (unpaired) electrons. The smallest absolute Gasteiger partial charge is 0.149 e. The molecule has 0 aliphatic carbocycles. The van der Waals surface area contributed by atoms with Crippen molar-refractivity contribution in [2.45, 2.75) is 33.6 Å². The zero-order chi connectivity index (χ0) is 18.7. The minimum absolute atomic E-state index is 0.0897. The lowest BCUT2D eigenvalue weighted by atomic mass is 9.73. The molecule has 0 aliphatic heterocycles. The Bertz CT molecular complexity index is 912. The van der Waals surface area contributed by atoms with Crippen LogP contribution in [0.15, 0.2) is 60.8 Å². The predicted molar refractivity (Wildman–Crippen MR) is 104 cm³/mol. The van der Waals surface area contributed by atoms with Gasteiger partial charge in [-0.3, -0.25) is 9.78 Å². The molecule has 0 bridgehead atoms. The summed E-state index contributed by atoms with van der Waals surface area (Å²) in [4.78, 5) is 17.3. The second-order valence-electron chi connectivity index (χ2n) is 7.91. The number of nitrogens with zero attached hydrogens (tertiary/aromatic N) is 1. The minimum Gasteiger partial charge on any atom is -0.299 e. The molecule has 134 valence electrons. The van der Waals surface area contributed by atoms with Crippen LogP contribution in [0.3, 0.4) is 0 Å². The monoisotopic (exact) mass is 349 g/mol. The van der Waals surface area contributed by atoms with Gasteiger partial charge in [0.05, 0.1) is 0 Å². The first-order valence-corrected chi connectivity index (χ1v) is 8.94. The van der Waals surface area contributed by atoms with E-state index in [-0.39, 0.29) is 22.9 Å². The predicted octanol–water partition coefficient (Wildman–Crippen LogP) is 5.39. The summed E-state index contributed by atoms with van der Waals surface area (Å²) < 4.78 is 13.8. The molecule has 2 nitrogen and oxygen atoms in total. The van der Waals surface area contributed by atoms with Crippen molar-refractivity contribution in [3.05, 3.63) is 77.7 Å². The lowest BCUT2D eigenvalue weighted by molar-refractivity contribution is -0.125. The third-order valence-corrected chi connectivity index (χ3v) is 4.81. The molecule has 0 saturated carbocycles. The number of hydrogen-bond donors (Lipinski definition) is 0. The Morgan fingerprint density at radius 1 is 1.04 bits per heavy atom. The Morgan fingerprint density at radius 2 is 1.77 bits per heavy atom. The summed E-state index contributed by atoms with van der Waals surface area (Å²) in [6, 6.07) is 16.9. The molecule has 1 unspecified atom stereocenters. The fourth-order valence-corrected chi connectivity index (χ4v) is 3.34. The molecule has 1 aromatic heterocycles. The zero-order valence-electron chi connectivity index (χ0n) is 15.5. The van der Waals surface area contributed by atoms with Crippen molar-refractivity contribution in [2.75, 3.05) is 0 Å². The van der Waals surface area contributed by atoms with Crippen LogP contribution in [0.5, 0.6) is 0 Å². The van der Waals surface area contributed by atoms with E-state index in [2.05, 4.69) is 37.9 Å². The number of aromatic nitrogens is 1. The van der Waals surface area contributed by atoms with Crippen LogP contribution in [0.2, 0.25) is 0 Å². The maximum atomic E-state index is 13.8. The SMILES string of the molecule is CC(C)(C)C(Cc1ccccc1)C(=O)Cc1cnc2c(F)cccc2c1. The van der Waals surface area contributed by atoms with E-state index in [9.17, 15) is 9.18 Å². The molecule has 1 atom stereocenters. The molecular weight excluding hydrogens is 325 g/mol. The summed E-state index contributed by atoms with van der Waals surface area (Å²) >= 11 is 0. The fraction of sp³-hybridized carbons (Fsp3) is 0.304. The number of ketones is 1. The van der Waals surface area contributed by atoms with Crippen molar-refractivity contribution in [3.63, 3.8) is 0 Å². The van der Waals surface area contributed by atoms with E-state index >= 15 is 0 Å². The van der Waals surface area contributed by atoms with Crippen LogP contribution in [0, 0.1) is 17.2 Å². The second-order valence-corrected chi connectivity index (χ2v) is 7.91. The normalized spacial score (nSPS) is 12.9. The van der Waals surface area contributed by atoms with Gasteiger partial charge in [0, 0.05) is 23.9 Å². The van der Waals surface area contributed by atoms with Gasteiger partial charge in [0.15, 0.2) is 0 Å². The Labute approximate surface area is 154 Å². The molecule has 3 aromatic rings. The average Bonchev–Trinajstić information content (AvgIpc) is 2.59. The van der Waals surface area contributed by atoms with Gasteiger partial charge < -0.3 is 0 Å². The van der Waals surface area contributed by atoms with Crippen LogP contribution in [0.4, 0.5) is 4.39 Å². The standard InChI is InChI=1S/C23H24FNO/c1-23(2,3)19(13-16-8-5-4-6-9-16)21(26)14-17-12-18-10-7-11-20(24)22(18)25-15-17/h4-12,15,19H,13-14H2,1-3H3. The lowest BCUT2D eigenvalue weighted by Gasteiger charge is -2.30. The van der Waals surface area contributed by atoms with Crippen LogP contribution in [-0.4, -0.2) is 10.8 Å². The van der Waals surface area contributed by atoms with E-state index in [1.54, 1.807) is 12.3 Å². The highest BCUT2D eigenvalue weighted by molar-refractivity contribution is 5.86. The molecule has 0 spiro atoms. The highest BCUT2D eigenvalue weighted by Crippen LogP contribution is 2.31. The molecule has 0 aliphatic rings. The van der Waals surface area contributed by atoms with Gasteiger partial charge in [-0.05, 0) is 35.1 Å². The maximum Gasteiger partial charge on any atom is 0.149 e. The quantitative estimate of drug-likeness (QED) is 0.618. The molecule has 26 heavy (non-hydrogen) atoms. The number of carbonyl (C=O) groups is 1. The highest BCUT2D eigenvalue weighted by Gasteiger charge is 2.31. The number of Topliss-reactive ketones (excluding diaryl/α,β-unsaturated/α-hetero) is 1. The number of carbonyl (C=O) groups excluding carboxylic acids is 1. The number of halogens is 1. The van der Waals surface area contributed by atoms with Crippen molar-refractivity contribution in [2.24, 2.45) is 11.3 Å². The van der Waals surface area contributed by atoms with Gasteiger partial charge in [0.1, 0.15) is 17.1 Å². The third kappa shape index (κ3) is 4.16. The molecule has 1 heterocycles. The molecule has 3 rings (SSSR count). The van der Waals surface area contributed by atoms with Crippen molar-refractivity contribution in [3.8, 4) is 0 Å². The van der Waals surface area contributed by atoms with Crippen molar-refractivity contribution >= 4 is 16.7 Å². The van der Waals surface area contributed by atoms with Crippen LogP contribution in [0.1, 0.15) is 31.9 Å². The summed E-state index contributed by atoms with van der Waals surface area (Å²) in [5, 5.41) is 0.727. The number of rotatable bonds is 5. The minimum atomic E-state index is -0.336. The third-order valence-electron chi connectivity index (χ3n) is 4.81. The van der Waals surface area contributed by atoms with Crippen LogP contribution < -0.4 is 0 Å². The Balaban J connectivity index is 1.83. The summed E-state index contributed by atoms with van der Waals surface area (Å²) in [5.74, 6) is -0.232. The van der Waals surface area contributed by atoms with Gasteiger partial charge in [-0.25, -0.2) is 4.39 Å². The summed E-state index contributed by atoms with van der Waals surface area (Å²) in [5.41, 5.74) is 2.21. The molecular formula is C23H24FNO. The first kappa shape index (κ1) is 18.2. The molecule has 0 fully saturated rings. The topological polar surface area (TPSA) is 30.0 Å². The number of benzene rings is 2. The van der Waals surface area contributed by atoms with Gasteiger partial charge in [-0.15, -0.1) is 0 Å². The summed E-state index contributed by atoms with van der Waals surface area (Å²) in [6.45, 7) is 6.31. The van der Waals surface area contributed by atoms with Gasteiger partial charge in [0.2, 0.25) is 0 Å². The van der Waals surface area contributed by atoms with Gasteiger partial charge in [0.25, 0.3) is 0 Å². The van der Waals surface area contributed by atoms with Crippen molar-refractivity contribution < 1.29 is 9.18 Å². The molecule has 3 heteroatoms. The van der Waals surface area contributed by atoms with Crippen molar-refractivity contribution in [1.82, 2.24) is 4.98 Å². The van der Waals surface area contributed by atoms with E-state index in [0.29, 0.717) is 11.9 Å². The van der Waals surface area contributed by atoms with E-state index in [0.717, 1.165) is 17.4 Å². The van der Waals surface area contributed by atoms with Crippen LogP contribution in [0.25, 0.3) is 10.9 Å². The number of hydrogen-bond acceptors (Lipinski definition) is 2. The van der Waals surface area contributed by atoms with Crippen molar-refractivity contribution in [1.29, 1.82) is 0 Å². The largest absolute Gasteiger partial charge is 0.299 e. The fourth-order valence-electron chi connectivity index (χ4n) is 3.34. The first-order chi connectivity index (χ1) is 12.3. The number of pyridine rings is 1. The van der Waals surface area contributed by atoms with E-state index in [4.69, 9.17) is 0 Å². The van der Waals surface area contributed by atoms with Gasteiger partial charge >= 0.3 is 0 Å². The Morgan fingerprint density at radius 3 is 2.46 bits per heavy atom. The van der Waals surface area contributed by atoms with E-state index in [1.807, 2.05) is 30.3 Å². The van der Waals surface area contributed by atoms with Crippen LogP contribution >= 0.6 is 0 Å². The van der Waals surface area contributed by atoms with Gasteiger partial charge in [-0.2, -0.15) is 0 Å². The second kappa shape index (κ2) is 7.36. The lowest BCUT2D eigenvalue weighted by Crippen LogP contribution is -2.31. The van der Waals surface area contributed by atoms with E-state index in [1.165, 1.54) is 11.6 Å². The van der Waals surface area contributed by atoms with E-state index < -0.39 is 0 Å². The Kier molecular flexibility index (Phi) is 5.17. The Hall–Kier alpha value is -2.55. The van der Waals surface area contributed by atoms with Gasteiger partial charge in [-0.1, -0.05) is 63.2 Å². The summed E-state index contributed by atoms with van der Waals surface area (Å²) in [7, 11) is 0. The molecule has 0 N–H and O–H groups in total. The average molecular weight is 349 g/mol. The molecule has 0 saturated heterocycles. The molecule has 0 amide bonds.